The Bertz CT molecular complexity index is 230. The maximum absolute atomic E-state index is 11.5. The Morgan fingerprint density at radius 1 is 1.47 bits per heavy atom. The van der Waals surface area contributed by atoms with Crippen molar-refractivity contribution in [3.05, 3.63) is 0 Å². The summed E-state index contributed by atoms with van der Waals surface area (Å²) in [5.74, 6) is -0.0278. The van der Waals surface area contributed by atoms with Gasteiger partial charge in [-0.2, -0.15) is 0 Å². The lowest BCUT2D eigenvalue weighted by Gasteiger charge is -2.27. The highest BCUT2D eigenvalue weighted by molar-refractivity contribution is 5.78. The summed E-state index contributed by atoms with van der Waals surface area (Å²) in [7, 11) is 3.81. The smallest absolute Gasteiger partial charge is 0.234 e. The van der Waals surface area contributed by atoms with Crippen molar-refractivity contribution in [3.8, 4) is 0 Å². The molecule has 5 nitrogen and oxygen atoms in total. The van der Waals surface area contributed by atoms with Gasteiger partial charge in [0, 0.05) is 19.1 Å². The van der Waals surface area contributed by atoms with E-state index in [1.807, 2.05) is 32.8 Å². The molecule has 0 rings (SSSR count). The molecule has 0 aromatic carbocycles. The molecule has 0 radical (unpaired) electrons. The van der Waals surface area contributed by atoms with Crippen LogP contribution >= 0.6 is 0 Å². The Morgan fingerprint density at radius 3 is 2.53 bits per heavy atom. The minimum absolute atomic E-state index is 0.0278. The van der Waals surface area contributed by atoms with Crippen molar-refractivity contribution in [2.45, 2.75) is 38.8 Å². The molecule has 0 aliphatic carbocycles. The molecule has 0 fully saturated rings. The van der Waals surface area contributed by atoms with Crippen LogP contribution in [0, 0.1) is 0 Å². The molecule has 0 spiro atoms. The van der Waals surface area contributed by atoms with Gasteiger partial charge in [-0.1, -0.05) is 6.92 Å². The van der Waals surface area contributed by atoms with Crippen LogP contribution in [0.25, 0.3) is 0 Å². The monoisotopic (exact) mass is 245 g/mol. The SMILES string of the molecule is CCC(C)NC(=O)CNCC(C)(O)CN(C)C. The van der Waals surface area contributed by atoms with Gasteiger partial charge in [0.1, 0.15) is 0 Å². The predicted octanol–water partition coefficient (Wildman–Crippen LogP) is -0.197. The molecule has 2 atom stereocenters. The number of carbonyl (C=O) groups is 1. The van der Waals surface area contributed by atoms with Gasteiger partial charge in [-0.15, -0.1) is 0 Å². The molecule has 102 valence electrons. The van der Waals surface area contributed by atoms with E-state index in [0.29, 0.717) is 13.1 Å². The van der Waals surface area contributed by atoms with Gasteiger partial charge in [0.15, 0.2) is 0 Å². The van der Waals surface area contributed by atoms with Gasteiger partial charge < -0.3 is 20.6 Å². The van der Waals surface area contributed by atoms with Crippen LogP contribution in [0.2, 0.25) is 0 Å². The topological polar surface area (TPSA) is 64.6 Å². The first-order valence-corrected chi connectivity index (χ1v) is 6.14. The number of rotatable bonds is 8. The Labute approximate surface area is 105 Å². The van der Waals surface area contributed by atoms with E-state index in [4.69, 9.17) is 0 Å². The molecule has 0 aromatic rings. The van der Waals surface area contributed by atoms with E-state index < -0.39 is 5.60 Å². The second-order valence-electron chi connectivity index (χ2n) is 5.22. The summed E-state index contributed by atoms with van der Waals surface area (Å²) >= 11 is 0. The average molecular weight is 245 g/mol. The van der Waals surface area contributed by atoms with Crippen LogP contribution in [0.15, 0.2) is 0 Å². The van der Waals surface area contributed by atoms with Crippen LogP contribution < -0.4 is 10.6 Å². The number of hydrogen-bond acceptors (Lipinski definition) is 4. The summed E-state index contributed by atoms with van der Waals surface area (Å²) in [5, 5.41) is 15.8. The number of nitrogens with zero attached hydrogens (tertiary/aromatic N) is 1. The third-order valence-electron chi connectivity index (χ3n) is 2.47. The van der Waals surface area contributed by atoms with Gasteiger partial charge in [0.25, 0.3) is 0 Å². The van der Waals surface area contributed by atoms with Gasteiger partial charge in [-0.25, -0.2) is 0 Å². The molecule has 0 saturated heterocycles. The van der Waals surface area contributed by atoms with E-state index in [2.05, 4.69) is 10.6 Å². The molecule has 0 aromatic heterocycles. The van der Waals surface area contributed by atoms with Crippen molar-refractivity contribution < 1.29 is 9.90 Å². The summed E-state index contributed by atoms with van der Waals surface area (Å²) in [6.45, 7) is 6.97. The average Bonchev–Trinajstić information content (AvgIpc) is 2.14. The van der Waals surface area contributed by atoms with Gasteiger partial charge in [-0.3, -0.25) is 4.79 Å². The molecule has 0 aliphatic heterocycles. The third-order valence-corrected chi connectivity index (χ3v) is 2.47. The fourth-order valence-electron chi connectivity index (χ4n) is 1.61. The number of hydrogen-bond donors (Lipinski definition) is 3. The van der Waals surface area contributed by atoms with E-state index in [0.717, 1.165) is 6.42 Å². The zero-order valence-corrected chi connectivity index (χ0v) is 11.7. The van der Waals surface area contributed by atoms with Crippen LogP contribution in [0.5, 0.6) is 0 Å². The van der Waals surface area contributed by atoms with Crippen LogP contribution in [-0.4, -0.2) is 61.3 Å². The minimum Gasteiger partial charge on any atom is -0.388 e. The van der Waals surface area contributed by atoms with Gasteiger partial charge >= 0.3 is 0 Å². The third kappa shape index (κ3) is 9.09. The Hall–Kier alpha value is -0.650. The number of amides is 1. The quantitative estimate of drug-likeness (QED) is 0.554. The van der Waals surface area contributed by atoms with E-state index >= 15 is 0 Å². The molecular formula is C12H27N3O2. The summed E-state index contributed by atoms with van der Waals surface area (Å²) < 4.78 is 0. The Morgan fingerprint density at radius 2 is 2.06 bits per heavy atom. The highest BCUT2D eigenvalue weighted by atomic mass is 16.3. The van der Waals surface area contributed by atoms with Crippen molar-refractivity contribution in [1.29, 1.82) is 0 Å². The molecule has 3 N–H and O–H groups in total. The normalized spacial score (nSPS) is 16.6. The summed E-state index contributed by atoms with van der Waals surface area (Å²) in [5.41, 5.74) is -0.819. The molecule has 17 heavy (non-hydrogen) atoms. The molecule has 0 heterocycles. The number of nitrogens with one attached hydrogen (secondary N) is 2. The van der Waals surface area contributed by atoms with Crippen molar-refractivity contribution >= 4 is 5.91 Å². The Balaban J connectivity index is 3.79. The Kier molecular flexibility index (Phi) is 7.34. The first-order chi connectivity index (χ1) is 7.76. The summed E-state index contributed by atoms with van der Waals surface area (Å²) in [4.78, 5) is 13.4. The van der Waals surface area contributed by atoms with E-state index in [1.165, 1.54) is 0 Å². The first kappa shape index (κ1) is 16.4. The minimum atomic E-state index is -0.819. The molecule has 5 heteroatoms. The zero-order valence-electron chi connectivity index (χ0n) is 11.7. The molecule has 0 aliphatic rings. The lowest BCUT2D eigenvalue weighted by atomic mass is 10.1. The fourth-order valence-corrected chi connectivity index (χ4v) is 1.61. The maximum atomic E-state index is 11.5. The molecule has 1 amide bonds. The second-order valence-corrected chi connectivity index (χ2v) is 5.22. The van der Waals surface area contributed by atoms with Crippen molar-refractivity contribution in [1.82, 2.24) is 15.5 Å². The van der Waals surface area contributed by atoms with Gasteiger partial charge in [0.2, 0.25) is 5.91 Å². The lowest BCUT2D eigenvalue weighted by molar-refractivity contribution is -0.121. The van der Waals surface area contributed by atoms with E-state index in [-0.39, 0.29) is 18.5 Å². The van der Waals surface area contributed by atoms with Crippen LogP contribution in [-0.2, 0) is 4.79 Å². The lowest BCUT2D eigenvalue weighted by Crippen LogP contribution is -2.48. The largest absolute Gasteiger partial charge is 0.388 e. The molecule has 0 saturated carbocycles. The van der Waals surface area contributed by atoms with Gasteiger partial charge in [-0.05, 0) is 34.4 Å². The van der Waals surface area contributed by atoms with Crippen LogP contribution in [0.1, 0.15) is 27.2 Å². The standard InChI is InChI=1S/C12H27N3O2/c1-6-10(2)14-11(16)7-13-8-12(3,17)9-15(4)5/h10,13,17H,6-9H2,1-5H3,(H,14,16). The molecule has 2 unspecified atom stereocenters. The van der Waals surface area contributed by atoms with Crippen molar-refractivity contribution in [3.63, 3.8) is 0 Å². The highest BCUT2D eigenvalue weighted by Gasteiger charge is 2.21. The summed E-state index contributed by atoms with van der Waals surface area (Å²) in [6, 6.07) is 0.201. The molecular weight excluding hydrogens is 218 g/mol. The van der Waals surface area contributed by atoms with E-state index in [1.54, 1.807) is 6.92 Å². The van der Waals surface area contributed by atoms with E-state index in [9.17, 15) is 9.90 Å². The second kappa shape index (κ2) is 7.63. The summed E-state index contributed by atoms with van der Waals surface area (Å²) in [6.07, 6.45) is 0.921. The van der Waals surface area contributed by atoms with Crippen molar-refractivity contribution in [2.75, 3.05) is 33.7 Å². The van der Waals surface area contributed by atoms with Gasteiger partial charge in [0.05, 0.1) is 12.1 Å². The highest BCUT2D eigenvalue weighted by Crippen LogP contribution is 2.01. The zero-order chi connectivity index (χ0) is 13.5. The molecule has 0 bridgehead atoms. The fraction of sp³-hybridized carbons (Fsp3) is 0.917. The van der Waals surface area contributed by atoms with Crippen LogP contribution in [0.4, 0.5) is 0 Å². The number of carbonyl (C=O) groups excluding carboxylic acids is 1. The number of aliphatic hydroxyl groups is 1. The number of likely N-dealkylation sites (N-methyl/N-ethyl adjacent to an activating group) is 1. The van der Waals surface area contributed by atoms with Crippen molar-refractivity contribution in [2.24, 2.45) is 0 Å². The maximum Gasteiger partial charge on any atom is 0.234 e. The predicted molar refractivity (Wildman–Crippen MR) is 69.9 cm³/mol. The van der Waals surface area contributed by atoms with Crippen LogP contribution in [0.3, 0.4) is 0 Å². The first-order valence-electron chi connectivity index (χ1n) is 6.14.